The number of rotatable bonds is 5. The molecule has 0 bridgehead atoms. The summed E-state index contributed by atoms with van der Waals surface area (Å²) in [5, 5.41) is 2.75. The van der Waals surface area contributed by atoms with Crippen molar-refractivity contribution in [3.05, 3.63) is 24.3 Å². The molecule has 0 spiro atoms. The van der Waals surface area contributed by atoms with Crippen LogP contribution in [0.1, 0.15) is 20.8 Å². The van der Waals surface area contributed by atoms with Gasteiger partial charge in [0, 0.05) is 5.69 Å². The van der Waals surface area contributed by atoms with Gasteiger partial charge in [0.2, 0.25) is 0 Å². The second-order valence-electron chi connectivity index (χ2n) is 5.66. The highest BCUT2D eigenvalue weighted by Gasteiger charge is 2.49. The molecular formula is C15H21N3O3. The van der Waals surface area contributed by atoms with Crippen molar-refractivity contribution in [1.82, 2.24) is 10.2 Å². The Kier molecular flexibility index (Phi) is 4.06. The van der Waals surface area contributed by atoms with E-state index < -0.39 is 5.54 Å². The number of amides is 3. The molecule has 1 fully saturated rings. The number of nitrogens with two attached hydrogens (primary N) is 1. The van der Waals surface area contributed by atoms with Crippen LogP contribution in [0.3, 0.4) is 0 Å². The lowest BCUT2D eigenvalue weighted by Gasteiger charge is -2.25. The molecule has 0 radical (unpaired) electrons. The summed E-state index contributed by atoms with van der Waals surface area (Å²) in [4.78, 5) is 25.5. The van der Waals surface area contributed by atoms with Gasteiger partial charge in [-0.2, -0.15) is 0 Å². The van der Waals surface area contributed by atoms with Crippen LogP contribution in [-0.4, -0.2) is 35.5 Å². The van der Waals surface area contributed by atoms with Gasteiger partial charge in [-0.25, -0.2) is 4.79 Å². The molecule has 0 aliphatic carbocycles. The highest BCUT2D eigenvalue weighted by atomic mass is 16.5. The van der Waals surface area contributed by atoms with Crippen LogP contribution < -0.4 is 15.8 Å². The van der Waals surface area contributed by atoms with E-state index >= 15 is 0 Å². The van der Waals surface area contributed by atoms with Gasteiger partial charge in [0.25, 0.3) is 5.91 Å². The van der Waals surface area contributed by atoms with Crippen LogP contribution in [0.15, 0.2) is 24.3 Å². The molecule has 1 aliphatic rings. The van der Waals surface area contributed by atoms with Crippen LogP contribution >= 0.6 is 0 Å². The fourth-order valence-electron chi connectivity index (χ4n) is 2.13. The van der Waals surface area contributed by atoms with Crippen molar-refractivity contribution in [3.63, 3.8) is 0 Å². The Morgan fingerprint density at radius 1 is 1.29 bits per heavy atom. The zero-order valence-electron chi connectivity index (χ0n) is 12.6. The summed E-state index contributed by atoms with van der Waals surface area (Å²) < 4.78 is 5.52. The lowest BCUT2D eigenvalue weighted by atomic mass is 9.88. The highest BCUT2D eigenvalue weighted by Crippen LogP contribution is 2.25. The topological polar surface area (TPSA) is 84.7 Å². The average molecular weight is 291 g/mol. The van der Waals surface area contributed by atoms with Crippen molar-refractivity contribution < 1.29 is 14.3 Å². The molecule has 0 saturated carbocycles. The summed E-state index contributed by atoms with van der Waals surface area (Å²) in [5.74, 6) is 0.475. The number of urea groups is 1. The Hall–Kier alpha value is -2.24. The van der Waals surface area contributed by atoms with Crippen LogP contribution in [0.2, 0.25) is 0 Å². The molecule has 1 saturated heterocycles. The van der Waals surface area contributed by atoms with Gasteiger partial charge in [0.05, 0.1) is 6.54 Å². The highest BCUT2D eigenvalue weighted by molar-refractivity contribution is 6.06. The molecule has 6 heteroatoms. The third-order valence-corrected chi connectivity index (χ3v) is 3.92. The number of carbonyl (C=O) groups is 2. The van der Waals surface area contributed by atoms with Gasteiger partial charge in [0.15, 0.2) is 0 Å². The number of anilines is 1. The standard InChI is InChI=1S/C15H21N3O3/c1-10(2)15(3)13(19)18(14(20)17-15)8-9-21-12-6-4-11(16)5-7-12/h4-7,10H,8-9,16H2,1-3H3,(H,17,20). The van der Waals surface area contributed by atoms with Gasteiger partial charge in [-0.15, -0.1) is 0 Å². The molecule has 6 nitrogen and oxygen atoms in total. The van der Waals surface area contributed by atoms with E-state index in [1.807, 2.05) is 13.8 Å². The number of hydrogen-bond acceptors (Lipinski definition) is 4. The SMILES string of the molecule is CC(C)C1(C)NC(=O)N(CCOc2ccc(N)cc2)C1=O. The van der Waals surface area contributed by atoms with Crippen molar-refractivity contribution in [2.45, 2.75) is 26.3 Å². The molecule has 2 rings (SSSR count). The summed E-state index contributed by atoms with van der Waals surface area (Å²) in [6, 6.07) is 6.61. The Morgan fingerprint density at radius 3 is 2.43 bits per heavy atom. The molecule has 0 aromatic heterocycles. The quantitative estimate of drug-likeness (QED) is 0.637. The van der Waals surface area contributed by atoms with Gasteiger partial charge >= 0.3 is 6.03 Å². The molecule has 1 unspecified atom stereocenters. The second kappa shape index (κ2) is 5.63. The third kappa shape index (κ3) is 2.94. The van der Waals surface area contributed by atoms with E-state index in [0.29, 0.717) is 11.4 Å². The van der Waals surface area contributed by atoms with E-state index in [1.165, 1.54) is 4.90 Å². The first-order chi connectivity index (χ1) is 9.84. The number of hydrogen-bond donors (Lipinski definition) is 2. The van der Waals surface area contributed by atoms with Crippen molar-refractivity contribution in [2.75, 3.05) is 18.9 Å². The van der Waals surface area contributed by atoms with Crippen molar-refractivity contribution >= 4 is 17.6 Å². The Morgan fingerprint density at radius 2 is 1.90 bits per heavy atom. The lowest BCUT2D eigenvalue weighted by molar-refractivity contribution is -0.132. The molecule has 1 aromatic carbocycles. The first kappa shape index (κ1) is 15.2. The maximum absolute atomic E-state index is 12.3. The van der Waals surface area contributed by atoms with Crippen molar-refractivity contribution in [1.29, 1.82) is 0 Å². The van der Waals surface area contributed by atoms with Crippen LogP contribution in [0.4, 0.5) is 10.5 Å². The number of nitrogens with one attached hydrogen (secondary N) is 1. The minimum Gasteiger partial charge on any atom is -0.492 e. The van der Waals surface area contributed by atoms with Gasteiger partial charge in [-0.05, 0) is 37.1 Å². The van der Waals surface area contributed by atoms with Gasteiger partial charge in [-0.1, -0.05) is 13.8 Å². The monoisotopic (exact) mass is 291 g/mol. The van der Waals surface area contributed by atoms with Gasteiger partial charge in [-0.3, -0.25) is 9.69 Å². The minimum atomic E-state index is -0.835. The van der Waals surface area contributed by atoms with E-state index in [0.717, 1.165) is 0 Å². The first-order valence-corrected chi connectivity index (χ1v) is 6.97. The lowest BCUT2D eigenvalue weighted by Crippen LogP contribution is -2.48. The van der Waals surface area contributed by atoms with Crippen LogP contribution in [0.25, 0.3) is 0 Å². The third-order valence-electron chi connectivity index (χ3n) is 3.92. The van der Waals surface area contributed by atoms with E-state index in [-0.39, 0.29) is 31.0 Å². The predicted octanol–water partition coefficient (Wildman–Crippen LogP) is 1.61. The number of nitrogens with zero attached hydrogens (tertiary/aromatic N) is 1. The molecule has 1 aliphatic heterocycles. The summed E-state index contributed by atoms with van der Waals surface area (Å²) in [6.07, 6.45) is 0. The maximum atomic E-state index is 12.3. The number of nitrogen functional groups attached to an aromatic ring is 1. The number of ether oxygens (including phenoxy) is 1. The van der Waals surface area contributed by atoms with Crippen LogP contribution in [0.5, 0.6) is 5.75 Å². The molecule has 21 heavy (non-hydrogen) atoms. The molecule has 3 N–H and O–H groups in total. The fraction of sp³-hybridized carbons (Fsp3) is 0.467. The van der Waals surface area contributed by atoms with E-state index in [4.69, 9.17) is 10.5 Å². The first-order valence-electron chi connectivity index (χ1n) is 6.97. The summed E-state index contributed by atoms with van der Waals surface area (Å²) in [7, 11) is 0. The van der Waals surface area contributed by atoms with Gasteiger partial charge in [0.1, 0.15) is 17.9 Å². The molecule has 1 aromatic rings. The smallest absolute Gasteiger partial charge is 0.325 e. The average Bonchev–Trinajstić information content (AvgIpc) is 2.65. The Balaban J connectivity index is 1.93. The van der Waals surface area contributed by atoms with Gasteiger partial charge < -0.3 is 15.8 Å². The molecule has 3 amide bonds. The molecule has 1 atom stereocenters. The fourth-order valence-corrected chi connectivity index (χ4v) is 2.13. The van der Waals surface area contributed by atoms with Crippen molar-refractivity contribution in [2.24, 2.45) is 5.92 Å². The van der Waals surface area contributed by atoms with Crippen LogP contribution in [-0.2, 0) is 4.79 Å². The number of benzene rings is 1. The zero-order chi connectivity index (χ0) is 15.6. The second-order valence-corrected chi connectivity index (χ2v) is 5.66. The van der Waals surface area contributed by atoms with Crippen molar-refractivity contribution in [3.8, 4) is 5.75 Å². The largest absolute Gasteiger partial charge is 0.492 e. The summed E-state index contributed by atoms with van der Waals surface area (Å²) in [5.41, 5.74) is 5.41. The van der Waals surface area contributed by atoms with Crippen LogP contribution in [0, 0.1) is 5.92 Å². The molecular weight excluding hydrogens is 270 g/mol. The summed E-state index contributed by atoms with van der Waals surface area (Å²) in [6.45, 7) is 6.03. The maximum Gasteiger partial charge on any atom is 0.325 e. The minimum absolute atomic E-state index is 0.0250. The van der Waals surface area contributed by atoms with E-state index in [1.54, 1.807) is 31.2 Å². The predicted molar refractivity (Wildman–Crippen MR) is 79.8 cm³/mol. The zero-order valence-corrected chi connectivity index (χ0v) is 12.6. The number of carbonyl (C=O) groups excluding carboxylic acids is 2. The molecule has 1 heterocycles. The van der Waals surface area contributed by atoms with E-state index in [2.05, 4.69) is 5.32 Å². The summed E-state index contributed by atoms with van der Waals surface area (Å²) >= 11 is 0. The van der Waals surface area contributed by atoms with E-state index in [9.17, 15) is 9.59 Å². The Bertz CT molecular complexity index is 542. The Labute approximate surface area is 124 Å². The normalized spacial score (nSPS) is 21.8. The number of imide groups is 1. The molecule has 114 valence electrons.